The quantitative estimate of drug-likeness (QED) is 0.403. The second-order valence-corrected chi connectivity index (χ2v) is 11.5. The predicted molar refractivity (Wildman–Crippen MR) is 119 cm³/mol. The third kappa shape index (κ3) is 5.44. The average Bonchev–Trinajstić information content (AvgIpc) is 3.45. The normalized spacial score (nSPS) is 19.6. The molecule has 1 fully saturated rings. The lowest BCUT2D eigenvalue weighted by Gasteiger charge is -2.35. The summed E-state index contributed by atoms with van der Waals surface area (Å²) in [5, 5.41) is 12.8. The van der Waals surface area contributed by atoms with Crippen LogP contribution in [0.25, 0.3) is 0 Å². The summed E-state index contributed by atoms with van der Waals surface area (Å²) in [5.74, 6) is 0.591. The average molecular weight is 424 g/mol. The van der Waals surface area contributed by atoms with Gasteiger partial charge in [-0.15, -0.1) is 0 Å². The third-order valence-corrected chi connectivity index (χ3v) is 8.59. The van der Waals surface area contributed by atoms with E-state index in [0.717, 1.165) is 11.1 Å². The first-order valence-electron chi connectivity index (χ1n) is 10.9. The van der Waals surface area contributed by atoms with Crippen LogP contribution in [-0.4, -0.2) is 22.8 Å². The van der Waals surface area contributed by atoms with Crippen LogP contribution in [0, 0.1) is 11.8 Å². The first kappa shape index (κ1) is 24.0. The second-order valence-electron chi connectivity index (χ2n) is 9.31. The van der Waals surface area contributed by atoms with Crippen LogP contribution in [-0.2, 0) is 9.36 Å². The van der Waals surface area contributed by atoms with Gasteiger partial charge in [0.15, 0.2) is 0 Å². The minimum absolute atomic E-state index is 0.211. The van der Waals surface area contributed by atoms with E-state index in [1.807, 2.05) is 32.9 Å². The van der Waals surface area contributed by atoms with E-state index in [2.05, 4.69) is 31.9 Å². The van der Waals surface area contributed by atoms with Crippen molar-refractivity contribution in [3.05, 3.63) is 29.3 Å². The van der Waals surface area contributed by atoms with Crippen LogP contribution in [0.2, 0.25) is 0 Å². The molecule has 1 aliphatic rings. The number of benzene rings is 1. The lowest BCUT2D eigenvalue weighted by atomic mass is 9.90. The molecule has 3 atom stereocenters. The number of hydrogen-bond acceptors (Lipinski definition) is 3. The molecule has 1 aromatic rings. The fourth-order valence-electron chi connectivity index (χ4n) is 3.69. The maximum atomic E-state index is 13.9. The van der Waals surface area contributed by atoms with E-state index in [4.69, 9.17) is 4.52 Å². The number of carbonyl (C=O) groups is 1. The Balaban J connectivity index is 2.51. The molecule has 29 heavy (non-hydrogen) atoms. The molecule has 2 rings (SSSR count). The topological polar surface area (TPSA) is 75.6 Å². The number of para-hydroxylation sites is 1. The fraction of sp³-hybridized carbons (Fsp3) is 0.696. The molecule has 2 N–H and O–H groups in total. The molecule has 0 radical (unpaired) electrons. The van der Waals surface area contributed by atoms with E-state index < -0.39 is 19.0 Å². The molecular formula is C23H38NO4P. The number of hydrogen-bond donors (Lipinski definition) is 2. The van der Waals surface area contributed by atoms with Gasteiger partial charge in [0.25, 0.3) is 0 Å². The monoisotopic (exact) mass is 423 g/mol. The number of aliphatic carboxylic acids is 1. The van der Waals surface area contributed by atoms with Crippen LogP contribution in [0.1, 0.15) is 90.7 Å². The fourth-order valence-corrected chi connectivity index (χ4v) is 6.09. The Morgan fingerprint density at radius 1 is 1.24 bits per heavy atom. The molecule has 0 aliphatic heterocycles. The molecule has 1 saturated carbocycles. The molecule has 0 heterocycles. The van der Waals surface area contributed by atoms with E-state index in [1.54, 1.807) is 6.92 Å². The van der Waals surface area contributed by atoms with E-state index in [-0.39, 0.29) is 18.0 Å². The van der Waals surface area contributed by atoms with Gasteiger partial charge >= 0.3 is 13.5 Å². The largest absolute Gasteiger partial charge is 0.480 e. The van der Waals surface area contributed by atoms with Crippen LogP contribution < -0.4 is 9.61 Å². The molecular weight excluding hydrogens is 385 g/mol. The first-order valence-corrected chi connectivity index (χ1v) is 12.7. The van der Waals surface area contributed by atoms with Crippen molar-refractivity contribution in [2.75, 3.05) is 6.16 Å². The zero-order chi connectivity index (χ0) is 22.0. The summed E-state index contributed by atoms with van der Waals surface area (Å²) in [4.78, 5) is 12.0. The minimum atomic E-state index is -3.44. The Bertz CT molecular complexity index is 772. The van der Waals surface area contributed by atoms with Gasteiger partial charge in [-0.2, -0.15) is 0 Å². The highest BCUT2D eigenvalue weighted by Crippen LogP contribution is 2.53. The van der Waals surface area contributed by atoms with Crippen molar-refractivity contribution in [1.29, 1.82) is 0 Å². The molecule has 164 valence electrons. The van der Waals surface area contributed by atoms with Crippen LogP contribution >= 0.6 is 7.52 Å². The van der Waals surface area contributed by atoms with Crippen molar-refractivity contribution < 1.29 is 19.0 Å². The van der Waals surface area contributed by atoms with E-state index in [0.29, 0.717) is 24.0 Å². The van der Waals surface area contributed by atoms with Gasteiger partial charge in [0.05, 0.1) is 0 Å². The summed E-state index contributed by atoms with van der Waals surface area (Å²) in [6, 6.07) is 6.14. The molecule has 1 aliphatic carbocycles. The highest BCUT2D eigenvalue weighted by molar-refractivity contribution is 7.57. The Kier molecular flexibility index (Phi) is 7.62. The maximum absolute atomic E-state index is 13.9. The molecule has 0 saturated heterocycles. The molecule has 0 amide bonds. The zero-order valence-electron chi connectivity index (χ0n) is 19.0. The number of nitrogens with one attached hydrogen (secondary N) is 1. The first-order chi connectivity index (χ1) is 13.4. The van der Waals surface area contributed by atoms with E-state index >= 15 is 0 Å². The van der Waals surface area contributed by atoms with E-state index in [1.165, 1.54) is 12.8 Å². The summed E-state index contributed by atoms with van der Waals surface area (Å²) >= 11 is 0. The van der Waals surface area contributed by atoms with Gasteiger partial charge in [-0.25, -0.2) is 5.09 Å². The van der Waals surface area contributed by atoms with Gasteiger partial charge in [-0.05, 0) is 61.0 Å². The molecule has 0 bridgehead atoms. The molecule has 5 nitrogen and oxygen atoms in total. The number of carboxylic acid groups (broad SMARTS) is 1. The van der Waals surface area contributed by atoms with Gasteiger partial charge in [-0.3, -0.25) is 9.36 Å². The van der Waals surface area contributed by atoms with Crippen LogP contribution in [0.4, 0.5) is 0 Å². The zero-order valence-corrected chi connectivity index (χ0v) is 19.9. The number of carboxylic acids is 1. The standard InChI is InChI=1S/C23H38NO4P/c1-8-14-29(27,24-23(7,16(4)5)22(25)26)28-21-19(15(2)3)10-9-11-20(21)17(6)18-12-13-18/h9-11,15-18H,8,12-14H2,1-7H3,(H,24,27)(H,25,26)/t17-,23?,29?/m1/s1. The molecule has 0 aromatic heterocycles. The van der Waals surface area contributed by atoms with Crippen molar-refractivity contribution in [2.45, 2.75) is 85.1 Å². The van der Waals surface area contributed by atoms with Crippen molar-refractivity contribution >= 4 is 13.5 Å². The highest BCUT2D eigenvalue weighted by atomic mass is 31.2. The van der Waals surface area contributed by atoms with Crippen LogP contribution in [0.3, 0.4) is 0 Å². The van der Waals surface area contributed by atoms with Crippen LogP contribution in [0.15, 0.2) is 18.2 Å². The molecule has 0 spiro atoms. The van der Waals surface area contributed by atoms with Gasteiger partial charge in [0.2, 0.25) is 0 Å². The lowest BCUT2D eigenvalue weighted by molar-refractivity contribution is -0.145. The molecule has 1 aromatic carbocycles. The Hall–Kier alpha value is -1.32. The molecule has 6 heteroatoms. The Morgan fingerprint density at radius 3 is 2.28 bits per heavy atom. The van der Waals surface area contributed by atoms with Gasteiger partial charge < -0.3 is 9.63 Å². The number of rotatable bonds is 11. The third-order valence-electron chi connectivity index (χ3n) is 6.28. The summed E-state index contributed by atoms with van der Waals surface area (Å²) in [6.45, 7) is 13.6. The van der Waals surface area contributed by atoms with Gasteiger partial charge in [0, 0.05) is 6.16 Å². The van der Waals surface area contributed by atoms with Crippen molar-refractivity contribution in [3.63, 3.8) is 0 Å². The summed E-state index contributed by atoms with van der Waals surface area (Å²) in [6.07, 6.45) is 3.34. The predicted octanol–water partition coefficient (Wildman–Crippen LogP) is 6.39. The smallest absolute Gasteiger partial charge is 0.324 e. The lowest BCUT2D eigenvalue weighted by Crippen LogP contribution is -2.52. The Morgan fingerprint density at radius 2 is 1.83 bits per heavy atom. The van der Waals surface area contributed by atoms with Gasteiger partial charge in [0.1, 0.15) is 11.3 Å². The summed E-state index contributed by atoms with van der Waals surface area (Å²) < 4.78 is 20.3. The van der Waals surface area contributed by atoms with Crippen molar-refractivity contribution in [1.82, 2.24) is 5.09 Å². The summed E-state index contributed by atoms with van der Waals surface area (Å²) in [5.41, 5.74) is 0.771. The highest BCUT2D eigenvalue weighted by Gasteiger charge is 2.44. The van der Waals surface area contributed by atoms with Crippen molar-refractivity contribution in [3.8, 4) is 5.75 Å². The molecule has 2 unspecified atom stereocenters. The van der Waals surface area contributed by atoms with Crippen molar-refractivity contribution in [2.24, 2.45) is 11.8 Å². The van der Waals surface area contributed by atoms with Gasteiger partial charge in [-0.1, -0.05) is 59.7 Å². The summed E-state index contributed by atoms with van der Waals surface area (Å²) in [7, 11) is -3.44. The van der Waals surface area contributed by atoms with Crippen LogP contribution in [0.5, 0.6) is 5.75 Å². The maximum Gasteiger partial charge on any atom is 0.324 e. The van der Waals surface area contributed by atoms with E-state index in [9.17, 15) is 14.5 Å². The second kappa shape index (κ2) is 9.22. The minimum Gasteiger partial charge on any atom is -0.480 e. The SMILES string of the molecule is CCCP(=O)(NC(C)(C(=O)O)C(C)C)Oc1c(C(C)C)cccc1[C@H](C)C1CC1. The Labute approximate surface area is 176 Å².